The number of pyridine rings is 1. The van der Waals surface area contributed by atoms with Crippen molar-refractivity contribution in [1.29, 1.82) is 0 Å². The van der Waals surface area contributed by atoms with Gasteiger partial charge in [-0.1, -0.05) is 36.4 Å². The lowest BCUT2D eigenvalue weighted by atomic mass is 10.0. The summed E-state index contributed by atoms with van der Waals surface area (Å²) < 4.78 is 5.29. The summed E-state index contributed by atoms with van der Waals surface area (Å²) in [6.45, 7) is 5.15. The van der Waals surface area contributed by atoms with E-state index in [2.05, 4.69) is 15.3 Å². The molecule has 2 rings (SSSR count). The molecule has 0 unspecified atom stereocenters. The first-order chi connectivity index (χ1) is 13.7. The van der Waals surface area contributed by atoms with Gasteiger partial charge in [0.05, 0.1) is 6.04 Å². The van der Waals surface area contributed by atoms with Crippen molar-refractivity contribution in [2.75, 3.05) is 6.54 Å². The standard InChI is InChI=1S/C22H28N4O3/c1-22(2,3)29-21(28)26-17(13-12-16-9-5-4-6-10-16)19(27)15-25-20(23)18-11-7-8-14-24-18/h4-11,14,17H,12-13,15H2,1-3H3,(H2,23,25)(H,26,28)/t17-/m1/s1. The lowest BCUT2D eigenvalue weighted by Crippen LogP contribution is -2.44. The van der Waals surface area contributed by atoms with Crippen LogP contribution in [0.25, 0.3) is 0 Å². The zero-order valence-corrected chi connectivity index (χ0v) is 17.1. The predicted molar refractivity (Wildman–Crippen MR) is 113 cm³/mol. The van der Waals surface area contributed by atoms with Crippen molar-refractivity contribution >= 4 is 17.7 Å². The molecule has 2 aromatic rings. The van der Waals surface area contributed by atoms with Crippen molar-refractivity contribution in [3.05, 3.63) is 66.0 Å². The lowest BCUT2D eigenvalue weighted by Gasteiger charge is -2.23. The average molecular weight is 396 g/mol. The molecule has 0 radical (unpaired) electrons. The molecule has 1 heterocycles. The third-order valence-electron chi connectivity index (χ3n) is 3.98. The molecular weight excluding hydrogens is 368 g/mol. The number of rotatable bonds is 8. The van der Waals surface area contributed by atoms with Gasteiger partial charge in [0, 0.05) is 6.20 Å². The third-order valence-corrected chi connectivity index (χ3v) is 3.98. The summed E-state index contributed by atoms with van der Waals surface area (Å²) in [5.41, 5.74) is 6.84. The second kappa shape index (κ2) is 10.4. The summed E-state index contributed by atoms with van der Waals surface area (Å²) >= 11 is 0. The topological polar surface area (TPSA) is 107 Å². The number of ether oxygens (including phenoxy) is 1. The van der Waals surface area contributed by atoms with Crippen LogP contribution in [0, 0.1) is 0 Å². The fourth-order valence-electron chi connectivity index (χ4n) is 2.59. The minimum absolute atomic E-state index is 0.155. The molecule has 0 aliphatic heterocycles. The van der Waals surface area contributed by atoms with E-state index in [-0.39, 0.29) is 18.2 Å². The minimum atomic E-state index is -0.731. The maximum Gasteiger partial charge on any atom is 0.408 e. The number of nitrogens with one attached hydrogen (secondary N) is 1. The van der Waals surface area contributed by atoms with Gasteiger partial charge in [0.15, 0.2) is 5.78 Å². The monoisotopic (exact) mass is 396 g/mol. The molecule has 0 saturated carbocycles. The first-order valence-electron chi connectivity index (χ1n) is 9.52. The van der Waals surface area contributed by atoms with E-state index in [4.69, 9.17) is 10.5 Å². The zero-order valence-electron chi connectivity index (χ0n) is 17.1. The van der Waals surface area contributed by atoms with Crippen molar-refractivity contribution in [3.63, 3.8) is 0 Å². The van der Waals surface area contributed by atoms with Gasteiger partial charge in [-0.05, 0) is 51.3 Å². The molecule has 1 aromatic heterocycles. The number of aromatic nitrogens is 1. The second-order valence-electron chi connectivity index (χ2n) is 7.61. The Labute approximate surface area is 171 Å². The van der Waals surface area contributed by atoms with Gasteiger partial charge in [-0.2, -0.15) is 0 Å². The average Bonchev–Trinajstić information content (AvgIpc) is 2.69. The molecule has 0 bridgehead atoms. The Kier molecular flexibility index (Phi) is 7.88. The number of hydrogen-bond donors (Lipinski definition) is 2. The summed E-state index contributed by atoms with van der Waals surface area (Å²) in [6.07, 6.45) is 2.03. The molecule has 0 saturated heterocycles. The number of carbonyl (C=O) groups excluding carboxylic acids is 2. The van der Waals surface area contributed by atoms with E-state index < -0.39 is 17.7 Å². The van der Waals surface area contributed by atoms with E-state index in [0.717, 1.165) is 5.56 Å². The maximum absolute atomic E-state index is 12.7. The van der Waals surface area contributed by atoms with Crippen molar-refractivity contribution in [3.8, 4) is 0 Å². The number of Topliss-reactive ketones (excluding diaryl/α,β-unsaturated/α-hetero) is 1. The SMILES string of the molecule is CC(C)(C)OC(=O)N[C@H](CCc1ccccc1)C(=O)CN=C(N)c1ccccn1. The van der Waals surface area contributed by atoms with Crippen LogP contribution in [-0.2, 0) is 16.0 Å². The molecule has 7 heteroatoms. The largest absolute Gasteiger partial charge is 0.444 e. The van der Waals surface area contributed by atoms with E-state index >= 15 is 0 Å². The summed E-state index contributed by atoms with van der Waals surface area (Å²) in [5.74, 6) is -0.0660. The summed E-state index contributed by atoms with van der Waals surface area (Å²) in [7, 11) is 0. The van der Waals surface area contributed by atoms with Crippen LogP contribution in [0.4, 0.5) is 4.79 Å². The summed E-state index contributed by atoms with van der Waals surface area (Å²) in [5, 5.41) is 2.67. The van der Waals surface area contributed by atoms with Gasteiger partial charge >= 0.3 is 6.09 Å². The Morgan fingerprint density at radius 1 is 1.14 bits per heavy atom. The molecular formula is C22H28N4O3. The van der Waals surface area contributed by atoms with Crippen LogP contribution in [0.15, 0.2) is 59.7 Å². The number of benzene rings is 1. The van der Waals surface area contributed by atoms with Crippen LogP contribution in [0.2, 0.25) is 0 Å². The van der Waals surface area contributed by atoms with Crippen LogP contribution in [0.5, 0.6) is 0 Å². The highest BCUT2D eigenvalue weighted by molar-refractivity contribution is 5.98. The van der Waals surface area contributed by atoms with Gasteiger partial charge < -0.3 is 15.8 Å². The Morgan fingerprint density at radius 2 is 1.83 bits per heavy atom. The van der Waals surface area contributed by atoms with Crippen LogP contribution >= 0.6 is 0 Å². The van der Waals surface area contributed by atoms with Crippen molar-refractivity contribution in [1.82, 2.24) is 10.3 Å². The number of alkyl carbamates (subject to hydrolysis) is 1. The number of aliphatic imine (C=N–C) groups is 1. The number of amides is 1. The van der Waals surface area contributed by atoms with Crippen molar-refractivity contribution < 1.29 is 14.3 Å². The van der Waals surface area contributed by atoms with Crippen molar-refractivity contribution in [2.45, 2.75) is 45.3 Å². The first kappa shape index (κ1) is 22.1. The molecule has 154 valence electrons. The Balaban J connectivity index is 2.05. The quantitative estimate of drug-likeness (QED) is 0.527. The molecule has 1 amide bonds. The van der Waals surface area contributed by atoms with E-state index in [1.807, 2.05) is 30.3 Å². The van der Waals surface area contributed by atoms with E-state index in [1.54, 1.807) is 45.2 Å². The van der Waals surface area contributed by atoms with E-state index in [1.165, 1.54) is 0 Å². The number of hydrogen-bond acceptors (Lipinski definition) is 5. The van der Waals surface area contributed by atoms with Gasteiger partial charge in [-0.15, -0.1) is 0 Å². The van der Waals surface area contributed by atoms with Gasteiger partial charge in [-0.25, -0.2) is 4.79 Å². The first-order valence-corrected chi connectivity index (χ1v) is 9.52. The molecule has 7 nitrogen and oxygen atoms in total. The molecule has 0 aliphatic carbocycles. The molecule has 0 aliphatic rings. The Bertz CT molecular complexity index is 830. The van der Waals surface area contributed by atoms with Gasteiger partial charge in [0.25, 0.3) is 0 Å². The zero-order chi connectivity index (χ0) is 21.3. The van der Waals surface area contributed by atoms with Crippen LogP contribution in [0.3, 0.4) is 0 Å². The third kappa shape index (κ3) is 8.13. The molecule has 1 atom stereocenters. The smallest absolute Gasteiger partial charge is 0.408 e. The molecule has 0 spiro atoms. The van der Waals surface area contributed by atoms with Crippen molar-refractivity contribution in [2.24, 2.45) is 10.7 Å². The summed E-state index contributed by atoms with van der Waals surface area (Å²) in [6, 6.07) is 14.3. The number of nitrogens with zero attached hydrogens (tertiary/aromatic N) is 2. The Morgan fingerprint density at radius 3 is 2.45 bits per heavy atom. The highest BCUT2D eigenvalue weighted by atomic mass is 16.6. The fraction of sp³-hybridized carbons (Fsp3) is 0.364. The fourth-order valence-corrected chi connectivity index (χ4v) is 2.59. The minimum Gasteiger partial charge on any atom is -0.444 e. The van der Waals surface area contributed by atoms with Gasteiger partial charge in [-0.3, -0.25) is 14.8 Å². The van der Waals surface area contributed by atoms with Crippen LogP contribution in [-0.4, -0.2) is 40.9 Å². The molecule has 1 aromatic carbocycles. The highest BCUT2D eigenvalue weighted by Gasteiger charge is 2.24. The lowest BCUT2D eigenvalue weighted by molar-refractivity contribution is -0.119. The molecule has 0 fully saturated rings. The van der Waals surface area contributed by atoms with Crippen LogP contribution in [0.1, 0.15) is 38.4 Å². The second-order valence-corrected chi connectivity index (χ2v) is 7.61. The number of nitrogens with two attached hydrogens (primary N) is 1. The highest BCUT2D eigenvalue weighted by Crippen LogP contribution is 2.10. The van der Waals surface area contributed by atoms with E-state index in [0.29, 0.717) is 18.5 Å². The number of amidine groups is 1. The molecule has 29 heavy (non-hydrogen) atoms. The maximum atomic E-state index is 12.7. The number of ketones is 1. The number of carbonyl (C=O) groups is 2. The molecule has 3 N–H and O–H groups in total. The normalized spacial score (nSPS) is 12.9. The van der Waals surface area contributed by atoms with E-state index in [9.17, 15) is 9.59 Å². The summed E-state index contributed by atoms with van der Waals surface area (Å²) in [4.78, 5) is 33.2. The van der Waals surface area contributed by atoms with Gasteiger partial charge in [0.1, 0.15) is 23.7 Å². The van der Waals surface area contributed by atoms with Crippen LogP contribution < -0.4 is 11.1 Å². The van der Waals surface area contributed by atoms with Gasteiger partial charge in [0.2, 0.25) is 0 Å². The predicted octanol–water partition coefficient (Wildman–Crippen LogP) is 2.88. The Hall–Kier alpha value is -3.22. The number of aryl methyl sites for hydroxylation is 1.